The minimum atomic E-state index is -4.63. The number of benzene rings is 2. The summed E-state index contributed by atoms with van der Waals surface area (Å²) in [5.41, 5.74) is 2.55. The van der Waals surface area contributed by atoms with Gasteiger partial charge in [0.1, 0.15) is 17.4 Å². The van der Waals surface area contributed by atoms with Crippen LogP contribution >= 0.6 is 11.6 Å². The minimum Gasteiger partial charge on any atom is -0.481 e. The van der Waals surface area contributed by atoms with Crippen LogP contribution in [0.1, 0.15) is 31.2 Å². The number of carbonyl (C=O) groups is 1. The Bertz CT molecular complexity index is 1930. The fourth-order valence-electron chi connectivity index (χ4n) is 7.63. The first-order valence-corrected chi connectivity index (χ1v) is 17.6. The third kappa shape index (κ3) is 7.18. The highest BCUT2D eigenvalue weighted by Gasteiger charge is 2.46. The number of fused-ring (bicyclic) bond motifs is 2. The summed E-state index contributed by atoms with van der Waals surface area (Å²) in [6, 6.07) is 5.51. The molecule has 3 fully saturated rings. The molecule has 0 unspecified atom stereocenters. The molecule has 0 saturated carbocycles. The van der Waals surface area contributed by atoms with Crippen LogP contribution in [0.25, 0.3) is 32.9 Å². The fourth-order valence-corrected chi connectivity index (χ4v) is 7.92. The number of likely N-dealkylation sites (tertiary alicyclic amines) is 2. The molecule has 4 aromatic rings. The molecule has 2 aromatic heterocycles. The lowest BCUT2D eigenvalue weighted by Gasteiger charge is -2.54. The second-order valence-electron chi connectivity index (χ2n) is 13.8. The molecule has 3 aliphatic rings. The van der Waals surface area contributed by atoms with Gasteiger partial charge >= 0.3 is 12.2 Å². The van der Waals surface area contributed by atoms with E-state index in [2.05, 4.69) is 26.6 Å². The number of aromatic nitrogens is 4. The van der Waals surface area contributed by atoms with E-state index in [1.54, 1.807) is 24.3 Å². The topological polar surface area (TPSA) is 109 Å². The molecular weight excluding hydrogens is 687 g/mol. The Labute approximate surface area is 298 Å². The largest absolute Gasteiger partial charge is 0.481 e. The summed E-state index contributed by atoms with van der Waals surface area (Å²) < 4.78 is 59.0. The van der Waals surface area contributed by atoms with Gasteiger partial charge in [0.05, 0.1) is 23.3 Å². The quantitative estimate of drug-likeness (QED) is 0.192. The molecule has 0 bridgehead atoms. The van der Waals surface area contributed by atoms with Crippen molar-refractivity contribution in [2.45, 2.75) is 44.9 Å². The van der Waals surface area contributed by atoms with Crippen molar-refractivity contribution in [2.75, 3.05) is 71.0 Å². The third-order valence-corrected chi connectivity index (χ3v) is 10.7. The predicted molar refractivity (Wildman–Crippen MR) is 189 cm³/mol. The Balaban J connectivity index is 1.31. The molecule has 3 aliphatic heterocycles. The number of carbonyl (C=O) groups excluding carboxylic acids is 1. The number of hydrogen-bond acceptors (Lipinski definition) is 9. The average Bonchev–Trinajstić information content (AvgIpc) is 3.58. The normalized spacial score (nSPS) is 18.4. The number of halogens is 4. The Morgan fingerprint density at radius 2 is 1.86 bits per heavy atom. The van der Waals surface area contributed by atoms with Crippen molar-refractivity contribution in [1.82, 2.24) is 30.0 Å². The number of nitrogens with zero attached hydrogens (tertiary/aromatic N) is 6. The van der Waals surface area contributed by atoms with Gasteiger partial charge in [-0.1, -0.05) is 24.2 Å². The maximum Gasteiger partial charge on any atom is 0.422 e. The molecule has 5 heterocycles. The van der Waals surface area contributed by atoms with Gasteiger partial charge in [0.2, 0.25) is 5.91 Å². The predicted octanol–water partition coefficient (Wildman–Crippen LogP) is 6.18. The highest BCUT2D eigenvalue weighted by atomic mass is 35.5. The lowest BCUT2D eigenvalue weighted by molar-refractivity contribution is -0.153. The number of nitrogens with one attached hydrogen (secondary N) is 1. The molecule has 7 rings (SSSR count). The average molecular weight is 728 g/mol. The Kier molecular flexibility index (Phi) is 9.76. The maximum atomic E-state index is 13.9. The van der Waals surface area contributed by atoms with Crippen LogP contribution in [0.4, 0.5) is 19.0 Å². The summed E-state index contributed by atoms with van der Waals surface area (Å²) in [5, 5.41) is 8.46. The summed E-state index contributed by atoms with van der Waals surface area (Å²) in [5.74, 6) is 0.346. The van der Waals surface area contributed by atoms with Gasteiger partial charge < -0.3 is 28.9 Å². The molecule has 1 spiro atoms. The van der Waals surface area contributed by atoms with Gasteiger partial charge in [0.15, 0.2) is 12.4 Å². The SMILES string of the molecule is C=CC(=O)N1CC2(CCN(c3nc(OC4CCN(CCOC)CC4)nc4c(OCC(F)(F)F)c(-c5c(C)ccc6[nH]ncc56)c(Cl)cc34)CC2)C1. The van der Waals surface area contributed by atoms with Gasteiger partial charge in [-0.3, -0.25) is 9.89 Å². The zero-order chi connectivity index (χ0) is 35.9. The minimum absolute atomic E-state index is 0.000713. The van der Waals surface area contributed by atoms with Gasteiger partial charge in [0.25, 0.3) is 0 Å². The molecule has 272 valence electrons. The number of methoxy groups -OCH3 is 1. The van der Waals surface area contributed by atoms with Gasteiger partial charge in [-0.05, 0) is 56.4 Å². The number of aromatic amines is 1. The van der Waals surface area contributed by atoms with E-state index in [1.165, 1.54) is 6.08 Å². The Hall–Kier alpha value is -4.14. The van der Waals surface area contributed by atoms with E-state index >= 15 is 0 Å². The first-order valence-electron chi connectivity index (χ1n) is 17.2. The molecular formula is C36H41ClF3N7O4. The number of piperidine rings is 2. The lowest BCUT2D eigenvalue weighted by atomic mass is 9.72. The molecule has 0 aliphatic carbocycles. The van der Waals surface area contributed by atoms with Crippen LogP contribution in [-0.4, -0.2) is 114 Å². The van der Waals surface area contributed by atoms with Crippen LogP contribution < -0.4 is 14.4 Å². The monoisotopic (exact) mass is 727 g/mol. The highest BCUT2D eigenvalue weighted by Crippen LogP contribution is 2.49. The molecule has 0 radical (unpaired) electrons. The van der Waals surface area contributed by atoms with E-state index in [1.807, 2.05) is 19.1 Å². The van der Waals surface area contributed by atoms with Gasteiger partial charge in [-0.25, -0.2) is 0 Å². The van der Waals surface area contributed by atoms with Crippen molar-refractivity contribution in [3.63, 3.8) is 0 Å². The maximum absolute atomic E-state index is 13.9. The van der Waals surface area contributed by atoms with Crippen LogP contribution in [0.15, 0.2) is 37.1 Å². The fraction of sp³-hybridized carbons (Fsp3) is 0.500. The number of aryl methyl sites for hydroxylation is 1. The van der Waals surface area contributed by atoms with E-state index in [0.29, 0.717) is 66.0 Å². The Morgan fingerprint density at radius 1 is 1.12 bits per heavy atom. The van der Waals surface area contributed by atoms with E-state index in [4.69, 9.17) is 35.8 Å². The zero-order valence-corrected chi connectivity index (χ0v) is 29.4. The molecule has 11 nitrogen and oxygen atoms in total. The van der Waals surface area contributed by atoms with Crippen LogP contribution in [0, 0.1) is 12.3 Å². The molecule has 2 aromatic carbocycles. The number of amides is 1. The first kappa shape index (κ1) is 35.3. The second-order valence-corrected chi connectivity index (χ2v) is 14.2. The van der Waals surface area contributed by atoms with Gasteiger partial charge in [0, 0.05) is 80.2 Å². The standard InChI is InChI=1S/C36H41ClF3N7O4/c1-4-28(48)47-19-35(20-47)9-13-46(14-10-35)33-24-17-26(37)30(29-22(2)5-6-27-25(29)18-41-44-27)32(50-21-36(38,39)40)31(24)42-34(43-33)51-23-7-11-45(12-8-23)15-16-49-3/h4-6,17-18,23H,1,7-16,19-21H2,2-3H3,(H,41,44). The number of H-pyrrole nitrogens is 1. The zero-order valence-electron chi connectivity index (χ0n) is 28.7. The van der Waals surface area contributed by atoms with E-state index in [0.717, 1.165) is 50.9 Å². The summed E-state index contributed by atoms with van der Waals surface area (Å²) in [6.07, 6.45) is 1.23. The van der Waals surface area contributed by atoms with Gasteiger partial charge in [-0.15, -0.1) is 0 Å². The number of anilines is 1. The van der Waals surface area contributed by atoms with Crippen molar-refractivity contribution >= 4 is 45.1 Å². The van der Waals surface area contributed by atoms with Crippen molar-refractivity contribution in [3.8, 4) is 22.9 Å². The first-order chi connectivity index (χ1) is 24.5. The van der Waals surface area contributed by atoms with Crippen molar-refractivity contribution in [2.24, 2.45) is 5.41 Å². The number of ether oxygens (including phenoxy) is 3. The smallest absolute Gasteiger partial charge is 0.422 e. The lowest BCUT2D eigenvalue weighted by Crippen LogP contribution is -2.61. The summed E-state index contributed by atoms with van der Waals surface area (Å²) in [6.45, 7) is 9.56. The van der Waals surface area contributed by atoms with E-state index in [-0.39, 0.29) is 39.7 Å². The van der Waals surface area contributed by atoms with Gasteiger partial charge in [-0.2, -0.15) is 28.2 Å². The molecule has 1 N–H and O–H groups in total. The molecule has 3 saturated heterocycles. The van der Waals surface area contributed by atoms with Crippen LogP contribution in [0.3, 0.4) is 0 Å². The highest BCUT2D eigenvalue weighted by molar-refractivity contribution is 6.35. The van der Waals surface area contributed by atoms with Crippen LogP contribution in [0.5, 0.6) is 11.8 Å². The molecule has 51 heavy (non-hydrogen) atoms. The van der Waals surface area contributed by atoms with Crippen molar-refractivity contribution in [1.29, 1.82) is 0 Å². The summed E-state index contributed by atoms with van der Waals surface area (Å²) in [4.78, 5) is 28.1. The van der Waals surface area contributed by atoms with Crippen LogP contribution in [-0.2, 0) is 9.53 Å². The number of rotatable bonds is 10. The van der Waals surface area contributed by atoms with E-state index < -0.39 is 12.8 Å². The molecule has 1 amide bonds. The van der Waals surface area contributed by atoms with Crippen molar-refractivity contribution in [3.05, 3.63) is 47.6 Å². The number of alkyl halides is 3. The Morgan fingerprint density at radius 3 is 2.55 bits per heavy atom. The third-order valence-electron chi connectivity index (χ3n) is 10.4. The number of hydrogen-bond donors (Lipinski definition) is 1. The summed E-state index contributed by atoms with van der Waals surface area (Å²) >= 11 is 7.07. The molecule has 0 atom stereocenters. The summed E-state index contributed by atoms with van der Waals surface area (Å²) in [7, 11) is 1.68. The second kappa shape index (κ2) is 14.1. The molecule has 15 heteroatoms. The van der Waals surface area contributed by atoms with Crippen molar-refractivity contribution < 1.29 is 32.2 Å². The van der Waals surface area contributed by atoms with Crippen LogP contribution in [0.2, 0.25) is 5.02 Å². The van der Waals surface area contributed by atoms with E-state index in [9.17, 15) is 18.0 Å².